The van der Waals surface area contributed by atoms with Gasteiger partial charge in [0, 0.05) is 9.81 Å². The van der Waals surface area contributed by atoms with Crippen molar-refractivity contribution in [3.8, 4) is 23.0 Å². The lowest BCUT2D eigenvalue weighted by atomic mass is 9.72. The van der Waals surface area contributed by atoms with Crippen LogP contribution in [0.1, 0.15) is 143 Å². The first-order chi connectivity index (χ1) is 30.7. The number of hydrogen-bond donors (Lipinski definition) is 0. The maximum atomic E-state index is 13.1. The number of rotatable bonds is 20. The summed E-state index contributed by atoms with van der Waals surface area (Å²) in [5.41, 5.74) is 9.09. The summed E-state index contributed by atoms with van der Waals surface area (Å²) in [4.78, 5) is 28.6. The predicted molar refractivity (Wildman–Crippen MR) is 260 cm³/mol. The van der Waals surface area contributed by atoms with E-state index in [0.29, 0.717) is 35.8 Å². The number of carbonyl (C=O) groups is 2. The third-order valence-corrected chi connectivity index (χ3v) is 16.2. The van der Waals surface area contributed by atoms with Crippen molar-refractivity contribution < 1.29 is 28.5 Å². The van der Waals surface area contributed by atoms with Gasteiger partial charge in [-0.2, -0.15) is 0 Å². The number of esters is 2. The lowest BCUT2D eigenvalue weighted by molar-refractivity contribution is 0.0725. The molecule has 4 aromatic rings. The maximum Gasteiger partial charge on any atom is 0.343 e. The summed E-state index contributed by atoms with van der Waals surface area (Å²) in [7, 11) is 0. The predicted octanol–water partition coefficient (Wildman–Crippen LogP) is 15.0. The van der Waals surface area contributed by atoms with E-state index in [1.54, 1.807) is 24.3 Å². The van der Waals surface area contributed by atoms with Crippen molar-refractivity contribution in [1.82, 2.24) is 0 Å². The highest BCUT2D eigenvalue weighted by atomic mass is 32.2. The highest BCUT2D eigenvalue weighted by molar-refractivity contribution is 8.14. The number of allylic oxidation sites excluding steroid dienone is 4. The zero-order chi connectivity index (χ0) is 43.8. The Labute approximate surface area is 382 Å². The Balaban J connectivity index is 0.883. The molecule has 0 N–H and O–H groups in total. The molecule has 4 aliphatic rings. The molecule has 0 bridgehead atoms. The van der Waals surface area contributed by atoms with Crippen LogP contribution >= 0.6 is 23.5 Å². The minimum atomic E-state index is -0.387. The molecule has 0 spiro atoms. The van der Waals surface area contributed by atoms with E-state index in [0.717, 1.165) is 54.7 Å². The van der Waals surface area contributed by atoms with E-state index in [4.69, 9.17) is 18.9 Å². The Kier molecular flexibility index (Phi) is 14.4. The molecule has 1 fully saturated rings. The molecule has 2 aliphatic carbocycles. The molecular weight excluding hydrogens is 821 g/mol. The van der Waals surface area contributed by atoms with Gasteiger partial charge in [-0.25, -0.2) is 9.59 Å². The summed E-state index contributed by atoms with van der Waals surface area (Å²) in [6.07, 6.45) is 20.1. The Morgan fingerprint density at radius 3 is 1.24 bits per heavy atom. The van der Waals surface area contributed by atoms with Crippen LogP contribution in [0.15, 0.2) is 132 Å². The average molecular weight is 881 g/mol. The zero-order valence-electron chi connectivity index (χ0n) is 37.3. The van der Waals surface area contributed by atoms with Crippen molar-refractivity contribution in [2.75, 3.05) is 13.2 Å². The Bertz CT molecular complexity index is 2220. The minimum absolute atomic E-state index is 0.190. The molecule has 0 saturated heterocycles. The van der Waals surface area contributed by atoms with E-state index in [1.165, 1.54) is 83.5 Å². The van der Waals surface area contributed by atoms with Gasteiger partial charge in [0.1, 0.15) is 23.0 Å². The van der Waals surface area contributed by atoms with Gasteiger partial charge < -0.3 is 18.9 Å². The summed E-state index contributed by atoms with van der Waals surface area (Å²) < 4.78 is 23.0. The first-order valence-electron chi connectivity index (χ1n) is 23.1. The molecule has 2 heterocycles. The number of unbranched alkanes of at least 4 members (excludes halogenated alkanes) is 8. The van der Waals surface area contributed by atoms with Gasteiger partial charge in [-0.1, -0.05) is 89.5 Å². The topological polar surface area (TPSA) is 71.1 Å². The van der Waals surface area contributed by atoms with E-state index in [2.05, 4.69) is 64.1 Å². The molecule has 0 aromatic heterocycles. The Morgan fingerprint density at radius 1 is 0.492 bits per heavy atom. The summed E-state index contributed by atoms with van der Waals surface area (Å²) in [6, 6.07) is 30.3. The van der Waals surface area contributed by atoms with E-state index in [1.807, 2.05) is 72.1 Å². The largest absolute Gasteiger partial charge is 0.494 e. The SMILES string of the molecule is CCCCCCCOc1ccc(C(=O)Oc2ccc(C3=CC4=C5CCCC5=C5C=C(c6ccc(OC(=O)c7ccc(OCCCCCCC)cc7)cc6)SC5(C)C4(C)S3)cc2)cc1. The van der Waals surface area contributed by atoms with E-state index in [-0.39, 0.29) is 21.4 Å². The van der Waals surface area contributed by atoms with Gasteiger partial charge in [0.2, 0.25) is 0 Å². The second-order valence-corrected chi connectivity index (χ2v) is 20.2. The fourth-order valence-electron chi connectivity index (χ4n) is 9.10. The highest BCUT2D eigenvalue weighted by Gasteiger charge is 2.59. The summed E-state index contributed by atoms with van der Waals surface area (Å²) in [6.45, 7) is 10.6. The molecular formula is C55H60O6S2. The molecule has 4 aromatic carbocycles. The third-order valence-electron chi connectivity index (χ3n) is 12.9. The number of hydrogen-bond acceptors (Lipinski definition) is 8. The first-order valence-corrected chi connectivity index (χ1v) is 24.7. The third kappa shape index (κ3) is 9.93. The van der Waals surface area contributed by atoms with Crippen molar-refractivity contribution in [3.63, 3.8) is 0 Å². The monoisotopic (exact) mass is 880 g/mol. The van der Waals surface area contributed by atoms with Crippen LogP contribution in [0.4, 0.5) is 0 Å². The number of carbonyl (C=O) groups excluding carboxylic acids is 2. The molecule has 63 heavy (non-hydrogen) atoms. The van der Waals surface area contributed by atoms with Crippen LogP contribution in [0.5, 0.6) is 23.0 Å². The second-order valence-electron chi connectivity index (χ2n) is 17.3. The van der Waals surface area contributed by atoms with Crippen molar-refractivity contribution in [3.05, 3.63) is 154 Å². The normalized spacial score (nSPS) is 19.9. The van der Waals surface area contributed by atoms with Gasteiger partial charge in [-0.15, -0.1) is 23.5 Å². The Hall–Kier alpha value is -4.92. The standard InChI is InChI=1S/C55H60O6S2/c1-5-7-9-11-13-34-58-42-26-22-40(23-27-42)52(56)60-44-30-18-38(19-31-44)50-36-48-46-16-15-17-47(46)49-37-51(63-55(49,4)54(48,3)62-50)39-20-32-45(33-21-39)61-53(57)41-24-28-43(29-25-41)59-35-14-12-10-8-6-2/h18-33,36-37H,5-17,34-35H2,1-4H3. The summed E-state index contributed by atoms with van der Waals surface area (Å²) >= 11 is 3.89. The van der Waals surface area contributed by atoms with Gasteiger partial charge in [0.05, 0.1) is 33.8 Å². The van der Waals surface area contributed by atoms with E-state index in [9.17, 15) is 9.59 Å². The van der Waals surface area contributed by atoms with Crippen LogP contribution < -0.4 is 18.9 Å². The molecule has 2 unspecified atom stereocenters. The van der Waals surface area contributed by atoms with Crippen LogP contribution in [0.25, 0.3) is 9.81 Å². The number of benzene rings is 4. The maximum absolute atomic E-state index is 13.1. The average Bonchev–Trinajstić information content (AvgIpc) is 4.03. The molecule has 0 radical (unpaired) electrons. The fourth-order valence-corrected chi connectivity index (χ4v) is 12.3. The highest BCUT2D eigenvalue weighted by Crippen LogP contribution is 2.70. The molecule has 8 heteroatoms. The summed E-state index contributed by atoms with van der Waals surface area (Å²) in [5.74, 6) is 1.79. The van der Waals surface area contributed by atoms with Crippen LogP contribution in [-0.4, -0.2) is 34.6 Å². The van der Waals surface area contributed by atoms with Crippen LogP contribution in [-0.2, 0) is 0 Å². The first kappa shape index (κ1) is 44.7. The fraction of sp³-hybridized carbons (Fsp3) is 0.382. The van der Waals surface area contributed by atoms with Gasteiger partial charge in [0.25, 0.3) is 0 Å². The van der Waals surface area contributed by atoms with Gasteiger partial charge in [-0.3, -0.25) is 0 Å². The van der Waals surface area contributed by atoms with Gasteiger partial charge in [-0.05, 0) is 164 Å². The van der Waals surface area contributed by atoms with Gasteiger partial charge >= 0.3 is 11.9 Å². The lowest BCUT2D eigenvalue weighted by Gasteiger charge is -2.47. The number of fused-ring (bicyclic) bond motifs is 4. The summed E-state index contributed by atoms with van der Waals surface area (Å²) in [5, 5.41) is 0. The second kappa shape index (κ2) is 20.3. The molecule has 2 atom stereocenters. The number of ether oxygens (including phenoxy) is 4. The molecule has 6 nitrogen and oxygen atoms in total. The lowest BCUT2D eigenvalue weighted by Crippen LogP contribution is -2.47. The molecule has 1 saturated carbocycles. The van der Waals surface area contributed by atoms with Crippen molar-refractivity contribution in [2.24, 2.45) is 0 Å². The van der Waals surface area contributed by atoms with Crippen molar-refractivity contribution >= 4 is 45.3 Å². The molecule has 328 valence electrons. The molecule has 2 aliphatic heterocycles. The minimum Gasteiger partial charge on any atom is -0.494 e. The van der Waals surface area contributed by atoms with Crippen LogP contribution in [0.3, 0.4) is 0 Å². The smallest absolute Gasteiger partial charge is 0.343 e. The number of thioether (sulfide) groups is 2. The zero-order valence-corrected chi connectivity index (χ0v) is 38.9. The van der Waals surface area contributed by atoms with E-state index < -0.39 is 0 Å². The van der Waals surface area contributed by atoms with Crippen LogP contribution in [0, 0.1) is 0 Å². The van der Waals surface area contributed by atoms with Crippen molar-refractivity contribution in [1.29, 1.82) is 0 Å². The molecule has 0 amide bonds. The molecule has 8 rings (SSSR count). The van der Waals surface area contributed by atoms with E-state index >= 15 is 0 Å². The van der Waals surface area contributed by atoms with Gasteiger partial charge in [0.15, 0.2) is 0 Å². The van der Waals surface area contributed by atoms with Crippen LogP contribution in [0.2, 0.25) is 0 Å². The van der Waals surface area contributed by atoms with Crippen molar-refractivity contribution in [2.45, 2.75) is 121 Å². The quantitative estimate of drug-likeness (QED) is 0.0494. The Morgan fingerprint density at radius 2 is 0.857 bits per heavy atom.